The van der Waals surface area contributed by atoms with Crippen LogP contribution in [0.2, 0.25) is 13.3 Å². The van der Waals surface area contributed by atoms with E-state index in [1.165, 1.54) is 51.8 Å². The molecule has 0 fully saturated rings. The number of hydrogen-bond acceptors (Lipinski definition) is 2. The van der Waals surface area contributed by atoms with Crippen LogP contribution in [0.4, 0.5) is 0 Å². The Kier molecular flexibility index (Phi) is 9.83. The summed E-state index contributed by atoms with van der Waals surface area (Å²) < 4.78 is 30.2. The van der Waals surface area contributed by atoms with Crippen LogP contribution >= 0.6 is 0 Å². The summed E-state index contributed by atoms with van der Waals surface area (Å²) in [6.07, 6.45) is 7.20. The van der Waals surface area contributed by atoms with Crippen molar-refractivity contribution in [2.45, 2.75) is 77.5 Å². The SMILES string of the molecule is CCC[CH2][Sn]([CH2]CCC)([CH2]CCC)[CH2]S(=O)(=O)c1ccccc1. The van der Waals surface area contributed by atoms with Crippen molar-refractivity contribution < 1.29 is 8.42 Å². The molecule has 1 aromatic carbocycles. The van der Waals surface area contributed by atoms with Crippen molar-refractivity contribution >= 4 is 28.2 Å². The molecule has 0 saturated carbocycles. The minimum absolute atomic E-state index is 0.520. The van der Waals surface area contributed by atoms with Gasteiger partial charge in [-0.15, -0.1) is 0 Å². The van der Waals surface area contributed by atoms with Gasteiger partial charge in [-0.25, -0.2) is 0 Å². The first kappa shape index (κ1) is 21.0. The van der Waals surface area contributed by atoms with Gasteiger partial charge in [0.15, 0.2) is 0 Å². The maximum atomic E-state index is 13.0. The Labute approximate surface area is 147 Å². The molecule has 0 saturated heterocycles. The number of sulfone groups is 1. The first-order valence-corrected chi connectivity index (χ1v) is 19.0. The van der Waals surface area contributed by atoms with E-state index < -0.39 is 28.2 Å². The molecule has 1 aromatic rings. The van der Waals surface area contributed by atoms with E-state index in [1.54, 1.807) is 12.1 Å². The van der Waals surface area contributed by atoms with Crippen LogP contribution in [0.1, 0.15) is 59.3 Å². The van der Waals surface area contributed by atoms with Gasteiger partial charge in [-0.05, 0) is 0 Å². The summed E-state index contributed by atoms with van der Waals surface area (Å²) in [5.41, 5.74) is 0. The number of benzene rings is 1. The Morgan fingerprint density at radius 2 is 1.22 bits per heavy atom. The molecule has 23 heavy (non-hydrogen) atoms. The van der Waals surface area contributed by atoms with E-state index in [2.05, 4.69) is 20.8 Å². The van der Waals surface area contributed by atoms with Crippen molar-refractivity contribution in [1.82, 2.24) is 0 Å². The zero-order valence-corrected chi connectivity index (χ0v) is 18.9. The molecular weight excluding hydrogens is 411 g/mol. The van der Waals surface area contributed by atoms with Crippen LogP contribution in [0.15, 0.2) is 35.2 Å². The van der Waals surface area contributed by atoms with Crippen molar-refractivity contribution in [3.05, 3.63) is 30.3 Å². The van der Waals surface area contributed by atoms with Gasteiger partial charge in [0.1, 0.15) is 0 Å². The fraction of sp³-hybridized carbons (Fsp3) is 0.684. The second kappa shape index (κ2) is 10.8. The molecule has 0 bridgehead atoms. The summed E-state index contributed by atoms with van der Waals surface area (Å²) in [6.45, 7) is 6.67. The van der Waals surface area contributed by atoms with Crippen LogP contribution in [0.25, 0.3) is 0 Å². The minimum atomic E-state index is -3.12. The summed E-state index contributed by atoms with van der Waals surface area (Å²) in [5.74, 6) is 0. The van der Waals surface area contributed by atoms with Crippen LogP contribution < -0.4 is 0 Å². The molecule has 1 rings (SSSR count). The van der Waals surface area contributed by atoms with E-state index in [1.807, 2.05) is 18.2 Å². The maximum absolute atomic E-state index is 13.0. The third kappa shape index (κ3) is 7.16. The van der Waals surface area contributed by atoms with E-state index in [0.29, 0.717) is 8.66 Å². The van der Waals surface area contributed by atoms with E-state index in [4.69, 9.17) is 0 Å². The van der Waals surface area contributed by atoms with Crippen molar-refractivity contribution in [2.24, 2.45) is 0 Å². The quantitative estimate of drug-likeness (QED) is 0.379. The van der Waals surface area contributed by atoms with Gasteiger partial charge in [-0.3, -0.25) is 0 Å². The monoisotopic (exact) mass is 446 g/mol. The average molecular weight is 445 g/mol. The van der Waals surface area contributed by atoms with Crippen LogP contribution in [0.3, 0.4) is 0 Å². The van der Waals surface area contributed by atoms with E-state index in [0.717, 1.165) is 0 Å². The topological polar surface area (TPSA) is 34.1 Å². The van der Waals surface area contributed by atoms with Crippen LogP contribution in [-0.2, 0) is 9.84 Å². The second-order valence-electron chi connectivity index (χ2n) is 6.88. The number of rotatable bonds is 12. The summed E-state index contributed by atoms with van der Waals surface area (Å²) in [6, 6.07) is 9.11. The second-order valence-corrected chi connectivity index (χ2v) is 24.2. The van der Waals surface area contributed by atoms with Gasteiger partial charge in [0, 0.05) is 0 Å². The van der Waals surface area contributed by atoms with Gasteiger partial charge >= 0.3 is 148 Å². The third-order valence-corrected chi connectivity index (χ3v) is 27.4. The molecule has 0 aliphatic carbocycles. The normalized spacial score (nSPS) is 12.5. The molecule has 0 aromatic heterocycles. The molecule has 0 aliphatic heterocycles. The molecule has 0 spiro atoms. The van der Waals surface area contributed by atoms with E-state index in [9.17, 15) is 8.42 Å². The standard InChI is InChI=1S/C7H7O2S.3C4H9.Sn/c1-10(8,9)7-5-3-2-4-6-7;3*1-3-4-2;/h2-6H,1H2;3*1,3-4H2,2H3;. The summed E-state index contributed by atoms with van der Waals surface area (Å²) >= 11 is -2.65. The predicted molar refractivity (Wildman–Crippen MR) is 103 cm³/mol. The van der Waals surface area contributed by atoms with Crippen LogP contribution in [0, 0.1) is 0 Å². The molecule has 0 N–H and O–H groups in total. The molecule has 0 aliphatic rings. The molecule has 4 heteroatoms. The molecule has 2 nitrogen and oxygen atoms in total. The fourth-order valence-corrected chi connectivity index (χ4v) is 29.0. The van der Waals surface area contributed by atoms with Crippen molar-refractivity contribution in [3.8, 4) is 0 Å². The van der Waals surface area contributed by atoms with E-state index >= 15 is 0 Å². The average Bonchev–Trinajstić information content (AvgIpc) is 2.56. The molecule has 0 amide bonds. The molecular formula is C19H34O2SSn. The van der Waals surface area contributed by atoms with E-state index in [-0.39, 0.29) is 0 Å². The van der Waals surface area contributed by atoms with Crippen LogP contribution in [0.5, 0.6) is 0 Å². The molecule has 0 atom stereocenters. The third-order valence-electron chi connectivity index (χ3n) is 4.78. The summed E-state index contributed by atoms with van der Waals surface area (Å²) in [7, 11) is -3.12. The first-order valence-electron chi connectivity index (χ1n) is 9.27. The van der Waals surface area contributed by atoms with Gasteiger partial charge in [-0.2, -0.15) is 0 Å². The van der Waals surface area contributed by atoms with Gasteiger partial charge in [-0.1, -0.05) is 0 Å². The zero-order valence-electron chi connectivity index (χ0n) is 15.2. The van der Waals surface area contributed by atoms with Gasteiger partial charge < -0.3 is 0 Å². The Morgan fingerprint density at radius 1 is 0.783 bits per heavy atom. The van der Waals surface area contributed by atoms with Crippen molar-refractivity contribution in [1.29, 1.82) is 0 Å². The first-order chi connectivity index (χ1) is 11.0. The number of hydrogen-bond donors (Lipinski definition) is 0. The van der Waals surface area contributed by atoms with Crippen molar-refractivity contribution in [2.75, 3.05) is 3.77 Å². The van der Waals surface area contributed by atoms with Crippen molar-refractivity contribution in [3.63, 3.8) is 0 Å². The fourth-order valence-electron chi connectivity index (χ4n) is 3.36. The Hall–Kier alpha value is -0.0313. The summed E-state index contributed by atoms with van der Waals surface area (Å²) in [5, 5.41) is 0. The Balaban J connectivity index is 3.04. The molecule has 132 valence electrons. The predicted octanol–water partition coefficient (Wildman–Crippen LogP) is 5.85. The van der Waals surface area contributed by atoms with Gasteiger partial charge in [0.2, 0.25) is 0 Å². The molecule has 0 unspecified atom stereocenters. The zero-order chi connectivity index (χ0) is 17.2. The molecule has 0 radical (unpaired) electrons. The summed E-state index contributed by atoms with van der Waals surface area (Å²) in [4.78, 5) is 0.533. The van der Waals surface area contributed by atoms with Gasteiger partial charge in [0.05, 0.1) is 0 Å². The number of unbranched alkanes of at least 4 members (excludes halogenated alkanes) is 3. The molecule has 0 heterocycles. The Bertz CT molecular complexity index is 504. The van der Waals surface area contributed by atoms with Crippen LogP contribution in [-0.4, -0.2) is 30.6 Å². The van der Waals surface area contributed by atoms with Gasteiger partial charge in [0.25, 0.3) is 0 Å². The Morgan fingerprint density at radius 3 is 1.61 bits per heavy atom.